The molecule has 0 spiro atoms. The fourth-order valence-electron chi connectivity index (χ4n) is 3.56. The Labute approximate surface area is 130 Å². The van der Waals surface area contributed by atoms with Crippen molar-refractivity contribution in [3.63, 3.8) is 0 Å². The zero-order valence-corrected chi connectivity index (χ0v) is 14.5. The van der Waals surface area contributed by atoms with Gasteiger partial charge in [0.15, 0.2) is 0 Å². The van der Waals surface area contributed by atoms with Crippen LogP contribution < -0.4 is 5.73 Å². The highest BCUT2D eigenvalue weighted by Crippen LogP contribution is 2.43. The van der Waals surface area contributed by atoms with Gasteiger partial charge in [0.05, 0.1) is 13.5 Å². The minimum atomic E-state index is -0.132. The van der Waals surface area contributed by atoms with Gasteiger partial charge in [0.25, 0.3) is 0 Å². The lowest BCUT2D eigenvalue weighted by atomic mass is 9.65. The maximum absolute atomic E-state index is 11.3. The highest BCUT2D eigenvalue weighted by molar-refractivity contribution is 5.69. The van der Waals surface area contributed by atoms with Gasteiger partial charge in [0.2, 0.25) is 0 Å². The van der Waals surface area contributed by atoms with Crippen LogP contribution in [0.15, 0.2) is 0 Å². The Bertz CT molecular complexity index is 331. The van der Waals surface area contributed by atoms with Gasteiger partial charge in [0, 0.05) is 12.6 Å². The smallest absolute Gasteiger partial charge is 0.306 e. The Morgan fingerprint density at radius 3 is 2.57 bits per heavy atom. The van der Waals surface area contributed by atoms with Crippen LogP contribution in [-0.2, 0) is 9.53 Å². The van der Waals surface area contributed by atoms with Crippen LogP contribution in [0.2, 0.25) is 0 Å². The van der Waals surface area contributed by atoms with Gasteiger partial charge >= 0.3 is 5.97 Å². The predicted molar refractivity (Wildman–Crippen MR) is 87.0 cm³/mol. The van der Waals surface area contributed by atoms with E-state index >= 15 is 0 Å². The lowest BCUT2D eigenvalue weighted by Crippen LogP contribution is -2.47. The van der Waals surface area contributed by atoms with Crippen molar-refractivity contribution in [2.45, 2.75) is 58.9 Å². The van der Waals surface area contributed by atoms with E-state index in [0.717, 1.165) is 19.0 Å². The number of carbonyl (C=O) groups is 1. The second kappa shape index (κ2) is 8.14. The van der Waals surface area contributed by atoms with E-state index in [4.69, 9.17) is 10.5 Å². The highest BCUT2D eigenvalue weighted by atomic mass is 16.5. The third-order valence-electron chi connectivity index (χ3n) is 5.74. The van der Waals surface area contributed by atoms with Gasteiger partial charge in [-0.2, -0.15) is 0 Å². The summed E-state index contributed by atoms with van der Waals surface area (Å²) in [4.78, 5) is 13.7. The van der Waals surface area contributed by atoms with Gasteiger partial charge in [-0.1, -0.05) is 27.2 Å². The van der Waals surface area contributed by atoms with Crippen molar-refractivity contribution in [2.24, 2.45) is 23.0 Å². The molecule has 0 aromatic heterocycles. The largest absolute Gasteiger partial charge is 0.469 e. The molecule has 0 aliphatic heterocycles. The molecular weight excluding hydrogens is 264 g/mol. The van der Waals surface area contributed by atoms with Crippen molar-refractivity contribution in [3.8, 4) is 0 Å². The number of hydrogen-bond acceptors (Lipinski definition) is 4. The number of nitrogens with two attached hydrogens (primary N) is 1. The molecule has 0 heterocycles. The monoisotopic (exact) mass is 298 g/mol. The Morgan fingerprint density at radius 2 is 2.05 bits per heavy atom. The van der Waals surface area contributed by atoms with E-state index in [-0.39, 0.29) is 5.97 Å². The normalized spacial score (nSPS) is 26.9. The number of nitrogens with zero attached hydrogens (tertiary/aromatic N) is 1. The summed E-state index contributed by atoms with van der Waals surface area (Å²) >= 11 is 0. The summed E-state index contributed by atoms with van der Waals surface area (Å²) in [6.45, 7) is 8.54. The molecule has 4 heteroatoms. The first-order chi connectivity index (χ1) is 9.85. The number of methoxy groups -OCH3 is 1. The van der Waals surface area contributed by atoms with Gasteiger partial charge in [-0.25, -0.2) is 0 Å². The van der Waals surface area contributed by atoms with Crippen LogP contribution in [0.1, 0.15) is 52.9 Å². The summed E-state index contributed by atoms with van der Waals surface area (Å²) < 4.78 is 4.74. The molecule has 1 fully saturated rings. The molecule has 124 valence electrons. The van der Waals surface area contributed by atoms with Crippen LogP contribution >= 0.6 is 0 Å². The van der Waals surface area contributed by atoms with Gasteiger partial charge in [-0.15, -0.1) is 0 Å². The van der Waals surface area contributed by atoms with Crippen LogP contribution in [0.3, 0.4) is 0 Å². The van der Waals surface area contributed by atoms with E-state index in [1.807, 2.05) is 0 Å². The molecule has 0 saturated heterocycles. The average Bonchev–Trinajstić information content (AvgIpc) is 2.51. The average molecular weight is 298 g/mol. The van der Waals surface area contributed by atoms with Crippen LogP contribution in [0.25, 0.3) is 0 Å². The molecule has 0 radical (unpaired) electrons. The Hall–Kier alpha value is -0.610. The van der Waals surface area contributed by atoms with Crippen molar-refractivity contribution in [3.05, 3.63) is 0 Å². The SMILES string of the molecule is CCC(C)(C)C1CCC(CN)C(N(C)CCC(=O)OC)C1. The molecule has 21 heavy (non-hydrogen) atoms. The van der Waals surface area contributed by atoms with Gasteiger partial charge in [-0.3, -0.25) is 4.79 Å². The second-order valence-electron chi connectivity index (χ2n) is 7.22. The minimum absolute atomic E-state index is 0.132. The van der Waals surface area contributed by atoms with E-state index < -0.39 is 0 Å². The molecule has 0 amide bonds. The van der Waals surface area contributed by atoms with Crippen molar-refractivity contribution < 1.29 is 9.53 Å². The van der Waals surface area contributed by atoms with E-state index in [1.165, 1.54) is 32.8 Å². The lowest BCUT2D eigenvalue weighted by molar-refractivity contribution is -0.141. The summed E-state index contributed by atoms with van der Waals surface area (Å²) in [5.41, 5.74) is 6.37. The number of hydrogen-bond donors (Lipinski definition) is 1. The van der Waals surface area contributed by atoms with Crippen LogP contribution in [0, 0.1) is 17.3 Å². The predicted octanol–water partition coefficient (Wildman–Crippen LogP) is 2.66. The Morgan fingerprint density at radius 1 is 1.38 bits per heavy atom. The van der Waals surface area contributed by atoms with Crippen LogP contribution in [0.5, 0.6) is 0 Å². The quantitative estimate of drug-likeness (QED) is 0.734. The summed E-state index contributed by atoms with van der Waals surface area (Å²) in [7, 11) is 3.57. The summed E-state index contributed by atoms with van der Waals surface area (Å²) in [5.74, 6) is 1.17. The van der Waals surface area contributed by atoms with E-state index in [1.54, 1.807) is 0 Å². The number of carbonyl (C=O) groups excluding carboxylic acids is 1. The van der Waals surface area contributed by atoms with Gasteiger partial charge in [0.1, 0.15) is 0 Å². The Balaban J connectivity index is 2.67. The first-order valence-corrected chi connectivity index (χ1v) is 8.32. The topological polar surface area (TPSA) is 55.6 Å². The molecule has 0 bridgehead atoms. The highest BCUT2D eigenvalue weighted by Gasteiger charge is 2.38. The fraction of sp³-hybridized carbons (Fsp3) is 0.941. The minimum Gasteiger partial charge on any atom is -0.469 e. The maximum Gasteiger partial charge on any atom is 0.306 e. The molecule has 1 aliphatic carbocycles. The molecule has 4 nitrogen and oxygen atoms in total. The molecule has 0 aromatic rings. The first-order valence-electron chi connectivity index (χ1n) is 8.32. The van der Waals surface area contributed by atoms with Gasteiger partial charge in [-0.05, 0) is 50.1 Å². The summed E-state index contributed by atoms with van der Waals surface area (Å²) in [6, 6.07) is 0.490. The van der Waals surface area contributed by atoms with Crippen molar-refractivity contribution in [1.29, 1.82) is 0 Å². The molecule has 0 aromatic carbocycles. The van der Waals surface area contributed by atoms with E-state index in [0.29, 0.717) is 23.8 Å². The van der Waals surface area contributed by atoms with E-state index in [2.05, 4.69) is 32.7 Å². The van der Waals surface area contributed by atoms with Crippen molar-refractivity contribution >= 4 is 5.97 Å². The zero-order valence-electron chi connectivity index (χ0n) is 14.5. The summed E-state index contributed by atoms with van der Waals surface area (Å²) in [5, 5.41) is 0. The molecule has 3 atom stereocenters. The molecule has 3 unspecified atom stereocenters. The molecular formula is C17H34N2O2. The lowest BCUT2D eigenvalue weighted by Gasteiger charge is -2.46. The zero-order chi connectivity index (χ0) is 16.0. The first kappa shape index (κ1) is 18.4. The van der Waals surface area contributed by atoms with E-state index in [9.17, 15) is 4.79 Å². The third-order valence-corrected chi connectivity index (χ3v) is 5.74. The number of ether oxygens (including phenoxy) is 1. The van der Waals surface area contributed by atoms with Crippen LogP contribution in [0.4, 0.5) is 0 Å². The van der Waals surface area contributed by atoms with Crippen molar-refractivity contribution in [2.75, 3.05) is 27.2 Å². The molecule has 1 saturated carbocycles. The van der Waals surface area contributed by atoms with Crippen molar-refractivity contribution in [1.82, 2.24) is 4.90 Å². The third kappa shape index (κ3) is 4.96. The van der Waals surface area contributed by atoms with Crippen LogP contribution in [-0.4, -0.2) is 44.2 Å². The number of esters is 1. The van der Waals surface area contributed by atoms with Gasteiger partial charge < -0.3 is 15.4 Å². The Kier molecular flexibility index (Phi) is 7.14. The standard InChI is InChI=1S/C17H34N2O2/c1-6-17(2,3)14-8-7-13(12-18)15(11-14)19(4)10-9-16(20)21-5/h13-15H,6-12,18H2,1-5H3. The number of rotatable bonds is 7. The molecule has 2 N–H and O–H groups in total. The molecule has 1 rings (SSSR count). The second-order valence-corrected chi connectivity index (χ2v) is 7.22. The fourth-order valence-corrected chi connectivity index (χ4v) is 3.56. The maximum atomic E-state index is 11.3. The molecule has 1 aliphatic rings. The summed E-state index contributed by atoms with van der Waals surface area (Å²) in [6.07, 6.45) is 5.36.